The fourth-order valence-corrected chi connectivity index (χ4v) is 0.725. The first-order chi connectivity index (χ1) is 5.56. The lowest BCUT2D eigenvalue weighted by Crippen LogP contribution is -2.13. The fourth-order valence-electron chi connectivity index (χ4n) is 0.725. The summed E-state index contributed by atoms with van der Waals surface area (Å²) >= 11 is 0. The van der Waals surface area contributed by atoms with E-state index in [9.17, 15) is 0 Å². The molecule has 1 nitrogen and oxygen atoms in total. The van der Waals surface area contributed by atoms with Crippen molar-refractivity contribution in [3.63, 3.8) is 0 Å². The number of rotatable bonds is 4. The first kappa shape index (κ1) is 10.7. The Hall–Kier alpha value is -1.26. The van der Waals surface area contributed by atoms with Crippen LogP contribution in [0.1, 0.15) is 0 Å². The predicted molar refractivity (Wildman–Crippen MR) is 54.8 cm³/mol. The van der Waals surface area contributed by atoms with Gasteiger partial charge in [-0.3, -0.25) is 0 Å². The van der Waals surface area contributed by atoms with Crippen molar-refractivity contribution in [1.29, 1.82) is 0 Å². The van der Waals surface area contributed by atoms with Crippen LogP contribution >= 0.6 is 0 Å². The molecule has 0 N–H and O–H groups in total. The van der Waals surface area contributed by atoms with Gasteiger partial charge in [0, 0.05) is 12.1 Å². The van der Waals surface area contributed by atoms with E-state index in [1.165, 1.54) is 0 Å². The van der Waals surface area contributed by atoms with E-state index in [0.717, 1.165) is 12.1 Å². The van der Waals surface area contributed by atoms with Crippen molar-refractivity contribution in [2.75, 3.05) is 20.6 Å². The van der Waals surface area contributed by atoms with Gasteiger partial charge in [0.05, 0.1) is 0 Å². The van der Waals surface area contributed by atoms with Crippen LogP contribution in [0.5, 0.6) is 0 Å². The molecule has 0 fully saturated rings. The summed E-state index contributed by atoms with van der Waals surface area (Å²) in [7, 11) is 3.99. The van der Waals surface area contributed by atoms with Crippen molar-refractivity contribution < 1.29 is 0 Å². The molecule has 0 amide bonds. The molecule has 0 aromatic carbocycles. The molecule has 64 valence electrons. The molecule has 0 rings (SSSR count). The van der Waals surface area contributed by atoms with Gasteiger partial charge in [0.1, 0.15) is 0 Å². The van der Waals surface area contributed by atoms with Crippen LogP contribution in [-0.4, -0.2) is 25.5 Å². The Labute approximate surface area is 75.1 Å². The van der Waals surface area contributed by atoms with Gasteiger partial charge in [0.25, 0.3) is 0 Å². The highest BCUT2D eigenvalue weighted by atomic mass is 15.0. The molecule has 0 aliphatic carbocycles. The van der Waals surface area contributed by atoms with E-state index in [0.29, 0.717) is 5.57 Å². The molecule has 1 heteroatoms. The quantitative estimate of drug-likeness (QED) is 0.449. The Kier molecular flexibility index (Phi) is 4.83. The highest BCUT2D eigenvalue weighted by Crippen LogP contribution is 1.98. The zero-order valence-corrected chi connectivity index (χ0v) is 7.80. The minimum atomic E-state index is 0.676. The number of allylic oxidation sites excluding steroid dienone is 2. The third kappa shape index (κ3) is 5.52. The maximum absolute atomic E-state index is 5.12. The van der Waals surface area contributed by atoms with E-state index < -0.39 is 0 Å². The third-order valence-electron chi connectivity index (χ3n) is 1.22. The molecule has 0 saturated carbocycles. The molecule has 0 aromatic heterocycles. The second-order valence-electron chi connectivity index (χ2n) is 2.90. The summed E-state index contributed by atoms with van der Waals surface area (Å²) in [5.41, 5.74) is 1.70. The van der Waals surface area contributed by atoms with Gasteiger partial charge in [-0.15, -0.1) is 6.42 Å². The highest BCUT2D eigenvalue weighted by molar-refractivity contribution is 5.36. The van der Waals surface area contributed by atoms with Crippen LogP contribution in [-0.2, 0) is 0 Å². The number of likely N-dealkylation sites (N-methyl/N-ethyl adjacent to an activating group) is 1. The van der Waals surface area contributed by atoms with Crippen LogP contribution in [0.2, 0.25) is 0 Å². The van der Waals surface area contributed by atoms with Gasteiger partial charge < -0.3 is 4.90 Å². The summed E-state index contributed by atoms with van der Waals surface area (Å²) in [4.78, 5) is 2.05. The molecule has 0 aliphatic rings. The zero-order valence-electron chi connectivity index (χ0n) is 7.80. The lowest BCUT2D eigenvalue weighted by atomic mass is 10.2. The van der Waals surface area contributed by atoms with Crippen molar-refractivity contribution in [2.24, 2.45) is 0 Å². The van der Waals surface area contributed by atoms with Crippen LogP contribution in [0.15, 0.2) is 36.5 Å². The van der Waals surface area contributed by atoms with Gasteiger partial charge in [0.15, 0.2) is 0 Å². The maximum atomic E-state index is 5.12. The van der Waals surface area contributed by atoms with Gasteiger partial charge in [-0.1, -0.05) is 25.2 Å². The number of terminal acetylenes is 1. The fraction of sp³-hybridized carbons (Fsp3) is 0.273. The molecule has 12 heavy (non-hydrogen) atoms. The molecule has 0 unspecified atom stereocenters. The van der Waals surface area contributed by atoms with Crippen molar-refractivity contribution in [3.05, 3.63) is 36.5 Å². The SMILES string of the molecule is C#CC(=C)/C=C\C(=C)CN(C)C. The van der Waals surface area contributed by atoms with Crippen molar-refractivity contribution in [2.45, 2.75) is 0 Å². The average molecular weight is 161 g/mol. The Morgan fingerprint density at radius 1 is 1.42 bits per heavy atom. The molecule has 0 bridgehead atoms. The van der Waals surface area contributed by atoms with Crippen LogP contribution in [0, 0.1) is 12.3 Å². The Bertz CT molecular complexity index is 238. The minimum absolute atomic E-state index is 0.676. The van der Waals surface area contributed by atoms with Crippen molar-refractivity contribution in [3.8, 4) is 12.3 Å². The lowest BCUT2D eigenvalue weighted by molar-refractivity contribution is 0.449. The van der Waals surface area contributed by atoms with Gasteiger partial charge in [-0.05, 0) is 25.7 Å². The van der Waals surface area contributed by atoms with Crippen molar-refractivity contribution >= 4 is 0 Å². The molecule has 0 radical (unpaired) electrons. The summed E-state index contributed by atoms with van der Waals surface area (Å²) in [5, 5.41) is 0. The molecule has 0 aliphatic heterocycles. The normalized spacial score (nSPS) is 10.2. The Morgan fingerprint density at radius 3 is 2.42 bits per heavy atom. The van der Waals surface area contributed by atoms with E-state index >= 15 is 0 Å². The van der Waals surface area contributed by atoms with E-state index in [4.69, 9.17) is 6.42 Å². The lowest BCUT2D eigenvalue weighted by Gasteiger charge is -2.08. The Balaban J connectivity index is 3.94. The molecular formula is C11H15N. The largest absolute Gasteiger partial charge is 0.305 e. The van der Waals surface area contributed by atoms with E-state index in [-0.39, 0.29) is 0 Å². The molecule has 0 aromatic rings. The number of hydrogen-bond acceptors (Lipinski definition) is 1. The summed E-state index contributed by atoms with van der Waals surface area (Å²) < 4.78 is 0. The average Bonchev–Trinajstić information content (AvgIpc) is 1.99. The van der Waals surface area contributed by atoms with Gasteiger partial charge >= 0.3 is 0 Å². The maximum Gasteiger partial charge on any atom is 0.0221 e. The van der Waals surface area contributed by atoms with E-state index in [2.05, 4.69) is 19.1 Å². The topological polar surface area (TPSA) is 3.24 Å². The van der Waals surface area contributed by atoms with E-state index in [1.807, 2.05) is 25.1 Å². The van der Waals surface area contributed by atoms with Gasteiger partial charge in [-0.25, -0.2) is 0 Å². The van der Waals surface area contributed by atoms with Gasteiger partial charge in [-0.2, -0.15) is 0 Å². The summed E-state index contributed by atoms with van der Waals surface area (Å²) in [6.07, 6.45) is 8.81. The van der Waals surface area contributed by atoms with Crippen LogP contribution < -0.4 is 0 Å². The molecule has 0 saturated heterocycles. The molecule has 0 heterocycles. The number of hydrogen-bond donors (Lipinski definition) is 0. The predicted octanol–water partition coefficient (Wildman–Crippen LogP) is 1.85. The molecule has 0 atom stereocenters. The zero-order chi connectivity index (χ0) is 9.56. The summed E-state index contributed by atoms with van der Waals surface area (Å²) in [5.74, 6) is 2.44. The second kappa shape index (κ2) is 5.40. The number of nitrogens with zero attached hydrogens (tertiary/aromatic N) is 1. The standard InChI is InChI=1S/C11H15N/c1-6-10(2)7-8-11(3)9-12(4)5/h1,7-8H,2-3,9H2,4-5H3/b8-7-. The first-order valence-corrected chi connectivity index (χ1v) is 3.72. The van der Waals surface area contributed by atoms with Crippen LogP contribution in [0.25, 0.3) is 0 Å². The smallest absolute Gasteiger partial charge is 0.0221 e. The summed E-state index contributed by atoms with van der Waals surface area (Å²) in [6, 6.07) is 0. The first-order valence-electron chi connectivity index (χ1n) is 3.72. The Morgan fingerprint density at radius 2 is 2.00 bits per heavy atom. The van der Waals surface area contributed by atoms with E-state index in [1.54, 1.807) is 6.08 Å². The van der Waals surface area contributed by atoms with Crippen molar-refractivity contribution in [1.82, 2.24) is 4.90 Å². The van der Waals surface area contributed by atoms with Crippen LogP contribution in [0.4, 0.5) is 0 Å². The monoisotopic (exact) mass is 161 g/mol. The molecule has 0 spiro atoms. The second-order valence-corrected chi connectivity index (χ2v) is 2.90. The molecular weight excluding hydrogens is 146 g/mol. The highest BCUT2D eigenvalue weighted by Gasteiger charge is 1.90. The van der Waals surface area contributed by atoms with Crippen LogP contribution in [0.3, 0.4) is 0 Å². The minimum Gasteiger partial charge on any atom is -0.305 e. The van der Waals surface area contributed by atoms with Gasteiger partial charge in [0.2, 0.25) is 0 Å². The summed E-state index contributed by atoms with van der Waals surface area (Å²) in [6.45, 7) is 8.35. The third-order valence-corrected chi connectivity index (χ3v) is 1.22.